The summed E-state index contributed by atoms with van der Waals surface area (Å²) in [5, 5.41) is 20.4. The zero-order chi connectivity index (χ0) is 13.3. The van der Waals surface area contributed by atoms with Crippen LogP contribution in [0.2, 0.25) is 5.02 Å². The topological polar surface area (TPSA) is 96.4 Å². The molecule has 0 bridgehead atoms. The number of pyridine rings is 1. The van der Waals surface area contributed by atoms with Crippen LogP contribution < -0.4 is 5.73 Å². The minimum absolute atomic E-state index is 0.351. The van der Waals surface area contributed by atoms with Crippen molar-refractivity contribution in [3.05, 3.63) is 41.0 Å². The average molecular weight is 267 g/mol. The van der Waals surface area contributed by atoms with Gasteiger partial charge in [0.05, 0.1) is 10.5 Å². The lowest BCUT2D eigenvalue weighted by Crippen LogP contribution is -2.33. The zero-order valence-corrected chi connectivity index (χ0v) is 10.0. The Morgan fingerprint density at radius 1 is 1.33 bits per heavy atom. The fourth-order valence-corrected chi connectivity index (χ4v) is 1.87. The van der Waals surface area contributed by atoms with Crippen LogP contribution in [0.1, 0.15) is 11.7 Å². The zero-order valence-electron chi connectivity index (χ0n) is 9.25. The predicted molar refractivity (Wildman–Crippen MR) is 66.9 cm³/mol. The quantitative estimate of drug-likeness (QED) is 0.764. The molecule has 1 aromatic carbocycles. The van der Waals surface area contributed by atoms with Gasteiger partial charge in [-0.1, -0.05) is 23.7 Å². The predicted octanol–water partition coefficient (Wildman–Crippen LogP) is 0.768. The Bertz CT molecular complexity index is 603. The minimum atomic E-state index is -1.65. The van der Waals surface area contributed by atoms with E-state index in [1.165, 1.54) is 6.20 Å². The van der Waals surface area contributed by atoms with Crippen molar-refractivity contribution in [2.24, 2.45) is 5.73 Å². The highest BCUT2D eigenvalue weighted by atomic mass is 35.5. The number of halogens is 1. The molecule has 18 heavy (non-hydrogen) atoms. The van der Waals surface area contributed by atoms with E-state index in [0.29, 0.717) is 16.1 Å². The van der Waals surface area contributed by atoms with E-state index in [4.69, 9.17) is 17.3 Å². The van der Waals surface area contributed by atoms with Gasteiger partial charge in [-0.3, -0.25) is 9.78 Å². The third kappa shape index (κ3) is 2.28. The molecule has 0 aliphatic heterocycles. The highest BCUT2D eigenvalue weighted by molar-refractivity contribution is 6.35. The summed E-state index contributed by atoms with van der Waals surface area (Å²) in [6.07, 6.45) is -1.50. The van der Waals surface area contributed by atoms with Crippen molar-refractivity contribution < 1.29 is 15.0 Å². The van der Waals surface area contributed by atoms with Crippen molar-refractivity contribution >= 4 is 28.4 Å². The molecule has 2 atom stereocenters. The molecule has 1 heterocycles. The number of nitrogens with two attached hydrogens (primary N) is 1. The van der Waals surface area contributed by atoms with Gasteiger partial charge in [0.1, 0.15) is 6.10 Å². The molecule has 6 heteroatoms. The highest BCUT2D eigenvalue weighted by Crippen LogP contribution is 2.25. The molecule has 0 aliphatic rings. The monoisotopic (exact) mass is 266 g/mol. The van der Waals surface area contributed by atoms with Gasteiger partial charge in [-0.15, -0.1) is 0 Å². The Hall–Kier alpha value is -1.69. The summed E-state index contributed by atoms with van der Waals surface area (Å²) in [4.78, 5) is 14.9. The fourth-order valence-electron chi connectivity index (χ4n) is 1.65. The fraction of sp³-hybridized carbons (Fsp3) is 0.167. The Morgan fingerprint density at radius 3 is 2.72 bits per heavy atom. The summed E-state index contributed by atoms with van der Waals surface area (Å²) in [5.41, 5.74) is 5.84. The van der Waals surface area contributed by atoms with Gasteiger partial charge in [-0.2, -0.15) is 0 Å². The maximum Gasteiger partial charge on any atom is 0.249 e. The van der Waals surface area contributed by atoms with Gasteiger partial charge >= 0.3 is 0 Å². The number of primary amides is 1. The Balaban J connectivity index is 2.44. The number of rotatable bonds is 3. The smallest absolute Gasteiger partial charge is 0.249 e. The van der Waals surface area contributed by atoms with Crippen LogP contribution in [0.3, 0.4) is 0 Å². The van der Waals surface area contributed by atoms with E-state index < -0.39 is 18.1 Å². The summed E-state index contributed by atoms with van der Waals surface area (Å²) in [6.45, 7) is 0. The van der Waals surface area contributed by atoms with E-state index in [2.05, 4.69) is 4.98 Å². The van der Waals surface area contributed by atoms with E-state index in [9.17, 15) is 15.0 Å². The first kappa shape index (κ1) is 12.8. The van der Waals surface area contributed by atoms with Crippen LogP contribution >= 0.6 is 11.6 Å². The summed E-state index contributed by atoms with van der Waals surface area (Å²) in [5.74, 6) is -0.985. The van der Waals surface area contributed by atoms with Gasteiger partial charge in [0, 0.05) is 11.6 Å². The Morgan fingerprint density at radius 2 is 2.06 bits per heavy atom. The first-order chi connectivity index (χ1) is 8.50. The van der Waals surface area contributed by atoms with Crippen LogP contribution in [0.25, 0.3) is 10.9 Å². The number of hydrogen-bond donors (Lipinski definition) is 3. The van der Waals surface area contributed by atoms with E-state index in [1.807, 2.05) is 0 Å². The van der Waals surface area contributed by atoms with Crippen molar-refractivity contribution in [2.45, 2.75) is 12.2 Å². The summed E-state index contributed by atoms with van der Waals surface area (Å²) < 4.78 is 0. The molecule has 0 aliphatic carbocycles. The Kier molecular flexibility index (Phi) is 3.47. The lowest BCUT2D eigenvalue weighted by Gasteiger charge is -2.15. The second kappa shape index (κ2) is 4.89. The van der Waals surface area contributed by atoms with Crippen LogP contribution in [-0.2, 0) is 4.79 Å². The van der Waals surface area contributed by atoms with Crippen LogP contribution in [0.15, 0.2) is 30.5 Å². The molecule has 0 spiro atoms. The molecule has 0 fully saturated rings. The molecule has 94 valence electrons. The van der Waals surface area contributed by atoms with Gasteiger partial charge in [0.25, 0.3) is 0 Å². The molecule has 1 amide bonds. The molecular weight excluding hydrogens is 256 g/mol. The van der Waals surface area contributed by atoms with Gasteiger partial charge < -0.3 is 15.9 Å². The summed E-state index contributed by atoms with van der Waals surface area (Å²) in [6, 6.07) is 6.43. The number of carbonyl (C=O) groups excluding carboxylic acids is 1. The normalized spacial score (nSPS) is 14.4. The molecule has 1 aromatic heterocycles. The van der Waals surface area contributed by atoms with E-state index >= 15 is 0 Å². The van der Waals surface area contributed by atoms with Crippen LogP contribution in [0.4, 0.5) is 0 Å². The number of carbonyl (C=O) groups is 1. The van der Waals surface area contributed by atoms with Crippen molar-refractivity contribution in [1.82, 2.24) is 4.98 Å². The van der Waals surface area contributed by atoms with Crippen LogP contribution in [0.5, 0.6) is 0 Å². The molecule has 5 nitrogen and oxygen atoms in total. The van der Waals surface area contributed by atoms with Gasteiger partial charge in [0.2, 0.25) is 5.91 Å². The van der Waals surface area contributed by atoms with Crippen molar-refractivity contribution in [1.29, 1.82) is 0 Å². The highest BCUT2D eigenvalue weighted by Gasteiger charge is 2.23. The van der Waals surface area contributed by atoms with E-state index in [0.717, 1.165) is 5.39 Å². The molecular formula is C12H11ClN2O3. The number of amides is 1. The van der Waals surface area contributed by atoms with Crippen molar-refractivity contribution in [3.8, 4) is 0 Å². The largest absolute Gasteiger partial charge is 0.385 e. The Labute approximate surface area is 108 Å². The lowest BCUT2D eigenvalue weighted by atomic mass is 10.0. The van der Waals surface area contributed by atoms with Crippen LogP contribution in [0, 0.1) is 0 Å². The minimum Gasteiger partial charge on any atom is -0.385 e. The lowest BCUT2D eigenvalue weighted by molar-refractivity contribution is -0.131. The average Bonchev–Trinajstić information content (AvgIpc) is 2.36. The first-order valence-electron chi connectivity index (χ1n) is 5.20. The molecule has 0 saturated heterocycles. The second-order valence-corrected chi connectivity index (χ2v) is 4.27. The number of fused-ring (bicyclic) bond motifs is 1. The maximum absolute atomic E-state index is 10.8. The molecule has 2 rings (SSSR count). The number of aromatic nitrogens is 1. The molecule has 4 N–H and O–H groups in total. The summed E-state index contributed by atoms with van der Waals surface area (Å²) in [7, 11) is 0. The maximum atomic E-state index is 10.8. The number of aliphatic hydroxyl groups is 2. The third-order valence-corrected chi connectivity index (χ3v) is 2.98. The van der Waals surface area contributed by atoms with Crippen molar-refractivity contribution in [3.63, 3.8) is 0 Å². The number of hydrogen-bond acceptors (Lipinski definition) is 4. The van der Waals surface area contributed by atoms with E-state index in [-0.39, 0.29) is 0 Å². The molecule has 2 unspecified atom stereocenters. The first-order valence-corrected chi connectivity index (χ1v) is 5.58. The second-order valence-electron chi connectivity index (χ2n) is 3.86. The van der Waals surface area contributed by atoms with E-state index in [1.54, 1.807) is 24.3 Å². The molecule has 0 radical (unpaired) electrons. The van der Waals surface area contributed by atoms with Gasteiger partial charge in [-0.25, -0.2) is 0 Å². The van der Waals surface area contributed by atoms with Crippen LogP contribution in [-0.4, -0.2) is 27.2 Å². The summed E-state index contributed by atoms with van der Waals surface area (Å²) >= 11 is 5.98. The number of aliphatic hydroxyl groups excluding tert-OH is 2. The molecule has 0 saturated carbocycles. The van der Waals surface area contributed by atoms with Crippen molar-refractivity contribution in [2.75, 3.05) is 0 Å². The van der Waals surface area contributed by atoms with Gasteiger partial charge in [0.15, 0.2) is 6.10 Å². The number of nitrogens with zero attached hydrogens (tertiary/aromatic N) is 1. The SMILES string of the molecule is NC(=O)C(O)C(O)c1ccc2c(Cl)ccnc2c1. The van der Waals surface area contributed by atoms with Gasteiger partial charge in [-0.05, 0) is 17.7 Å². The standard InChI is InChI=1S/C12H11ClN2O3/c13-8-3-4-15-9-5-6(1-2-7(8)9)10(16)11(17)12(14)18/h1-5,10-11,16-17H,(H2,14,18). The molecule has 2 aromatic rings. The third-order valence-electron chi connectivity index (χ3n) is 2.65. The number of benzene rings is 1.